The lowest BCUT2D eigenvalue weighted by Crippen LogP contribution is -2.40. The van der Waals surface area contributed by atoms with Crippen molar-refractivity contribution in [3.8, 4) is 0 Å². The normalized spacial score (nSPS) is 19.2. The first-order valence-corrected chi connectivity index (χ1v) is 6.09. The number of imide groups is 1. The second kappa shape index (κ2) is 5.34. The molecule has 1 saturated heterocycles. The van der Waals surface area contributed by atoms with Crippen molar-refractivity contribution in [2.45, 2.75) is 25.7 Å². The van der Waals surface area contributed by atoms with Crippen molar-refractivity contribution in [2.75, 3.05) is 11.9 Å². The number of rotatable bonds is 3. The molecule has 1 heterocycles. The molecule has 1 fully saturated rings. The molecule has 1 aromatic rings. The number of carbonyl (C=O) groups excluding carboxylic acids is 2. The first kappa shape index (κ1) is 13.5. The van der Waals surface area contributed by atoms with Gasteiger partial charge in [0.05, 0.1) is 5.92 Å². The zero-order valence-electron chi connectivity index (χ0n) is 10.4. The van der Waals surface area contributed by atoms with Gasteiger partial charge in [-0.05, 0) is 25.5 Å². The van der Waals surface area contributed by atoms with E-state index in [1.54, 1.807) is 0 Å². The van der Waals surface area contributed by atoms with Crippen LogP contribution in [0.2, 0.25) is 0 Å². The highest BCUT2D eigenvalue weighted by molar-refractivity contribution is 6.01. The van der Waals surface area contributed by atoms with E-state index in [0.717, 1.165) is 12.1 Å². The average molecular weight is 268 g/mol. The fraction of sp³-hybridized carbons (Fsp3) is 0.385. The van der Waals surface area contributed by atoms with Gasteiger partial charge in [-0.1, -0.05) is 0 Å². The molecule has 6 heteroatoms. The fourth-order valence-electron chi connectivity index (χ4n) is 2.19. The van der Waals surface area contributed by atoms with E-state index in [1.807, 2.05) is 6.92 Å². The Hall–Kier alpha value is -1.98. The minimum absolute atomic E-state index is 0.0875. The molecule has 4 nitrogen and oxygen atoms in total. The molecule has 2 N–H and O–H groups in total. The van der Waals surface area contributed by atoms with Crippen LogP contribution in [-0.4, -0.2) is 18.4 Å². The molecule has 0 bridgehead atoms. The van der Waals surface area contributed by atoms with E-state index in [-0.39, 0.29) is 18.4 Å². The zero-order valence-corrected chi connectivity index (χ0v) is 10.4. The molecular formula is C13H14F2N2O2. The van der Waals surface area contributed by atoms with E-state index in [2.05, 4.69) is 10.6 Å². The summed E-state index contributed by atoms with van der Waals surface area (Å²) in [7, 11) is 0. The third kappa shape index (κ3) is 2.72. The summed E-state index contributed by atoms with van der Waals surface area (Å²) in [4.78, 5) is 22.7. The lowest BCUT2D eigenvalue weighted by atomic mass is 9.89. The van der Waals surface area contributed by atoms with Gasteiger partial charge in [-0.25, -0.2) is 8.78 Å². The number of benzene rings is 1. The third-order valence-electron chi connectivity index (χ3n) is 3.05. The maximum Gasteiger partial charge on any atom is 0.234 e. The number of anilines is 1. The van der Waals surface area contributed by atoms with Gasteiger partial charge in [0.2, 0.25) is 11.8 Å². The molecule has 2 amide bonds. The SMILES string of the molecule is CCNc1cc(F)c(C2CCC(=O)NC2=O)c(F)c1. The van der Waals surface area contributed by atoms with E-state index in [4.69, 9.17) is 0 Å². The predicted molar refractivity (Wildman–Crippen MR) is 65.6 cm³/mol. The third-order valence-corrected chi connectivity index (χ3v) is 3.05. The summed E-state index contributed by atoms with van der Waals surface area (Å²) in [6.45, 7) is 2.35. The van der Waals surface area contributed by atoms with Crippen molar-refractivity contribution in [1.82, 2.24) is 5.32 Å². The highest BCUT2D eigenvalue weighted by Gasteiger charge is 2.32. The number of hydrogen-bond acceptors (Lipinski definition) is 3. The Labute approximate surface area is 109 Å². The van der Waals surface area contributed by atoms with Crippen LogP contribution >= 0.6 is 0 Å². The number of piperidine rings is 1. The molecule has 102 valence electrons. The molecule has 1 aliphatic heterocycles. The Kier molecular flexibility index (Phi) is 3.78. The van der Waals surface area contributed by atoms with Crippen LogP contribution in [0.4, 0.5) is 14.5 Å². The van der Waals surface area contributed by atoms with Gasteiger partial charge in [0.15, 0.2) is 0 Å². The summed E-state index contributed by atoms with van der Waals surface area (Å²) in [5, 5.41) is 4.90. The van der Waals surface area contributed by atoms with E-state index in [1.165, 1.54) is 0 Å². The van der Waals surface area contributed by atoms with Crippen LogP contribution in [0.1, 0.15) is 31.2 Å². The maximum atomic E-state index is 13.9. The largest absolute Gasteiger partial charge is 0.385 e. The van der Waals surface area contributed by atoms with E-state index >= 15 is 0 Å². The molecule has 0 aromatic heterocycles. The van der Waals surface area contributed by atoms with Gasteiger partial charge >= 0.3 is 0 Å². The van der Waals surface area contributed by atoms with Crippen molar-refractivity contribution >= 4 is 17.5 Å². The number of hydrogen-bond donors (Lipinski definition) is 2. The Bertz CT molecular complexity index is 508. The number of amides is 2. The first-order chi connectivity index (χ1) is 9.02. The molecule has 19 heavy (non-hydrogen) atoms. The Morgan fingerprint density at radius 1 is 1.32 bits per heavy atom. The molecule has 1 atom stereocenters. The standard InChI is InChI=1S/C13H14F2N2O2/c1-2-16-7-5-9(14)12(10(15)6-7)8-3-4-11(18)17-13(8)19/h5-6,8,16H,2-4H2,1H3,(H,17,18,19). The molecule has 0 aliphatic carbocycles. The fourth-order valence-corrected chi connectivity index (χ4v) is 2.19. The van der Waals surface area contributed by atoms with Gasteiger partial charge < -0.3 is 5.32 Å². The summed E-state index contributed by atoms with van der Waals surface area (Å²) in [5.41, 5.74) is 0.0557. The summed E-state index contributed by atoms with van der Waals surface area (Å²) in [6.07, 6.45) is 0.212. The Morgan fingerprint density at radius 3 is 2.47 bits per heavy atom. The summed E-state index contributed by atoms with van der Waals surface area (Å²) < 4.78 is 27.9. The number of nitrogens with one attached hydrogen (secondary N) is 2. The van der Waals surface area contributed by atoms with Crippen LogP contribution in [0.3, 0.4) is 0 Å². The average Bonchev–Trinajstić information content (AvgIpc) is 2.31. The molecule has 0 radical (unpaired) electrons. The molecule has 0 saturated carbocycles. The van der Waals surface area contributed by atoms with Gasteiger partial charge in [-0.2, -0.15) is 0 Å². The van der Waals surface area contributed by atoms with Gasteiger partial charge in [0, 0.05) is 24.2 Å². The number of halogens is 2. The minimum Gasteiger partial charge on any atom is -0.385 e. The second-order valence-electron chi connectivity index (χ2n) is 4.39. The Morgan fingerprint density at radius 2 is 1.95 bits per heavy atom. The van der Waals surface area contributed by atoms with Gasteiger partial charge in [0.25, 0.3) is 0 Å². The zero-order chi connectivity index (χ0) is 14.0. The van der Waals surface area contributed by atoms with Crippen molar-refractivity contribution in [1.29, 1.82) is 0 Å². The van der Waals surface area contributed by atoms with Crippen LogP contribution in [0.15, 0.2) is 12.1 Å². The molecule has 1 unspecified atom stereocenters. The van der Waals surface area contributed by atoms with E-state index in [0.29, 0.717) is 12.2 Å². The first-order valence-electron chi connectivity index (χ1n) is 6.09. The summed E-state index contributed by atoms with van der Waals surface area (Å²) in [5.74, 6) is -3.55. The smallest absolute Gasteiger partial charge is 0.234 e. The highest BCUT2D eigenvalue weighted by atomic mass is 19.1. The summed E-state index contributed by atoms with van der Waals surface area (Å²) in [6, 6.07) is 2.32. The van der Waals surface area contributed by atoms with Crippen molar-refractivity contribution < 1.29 is 18.4 Å². The summed E-state index contributed by atoms with van der Waals surface area (Å²) >= 11 is 0. The van der Waals surface area contributed by atoms with Crippen LogP contribution in [0.25, 0.3) is 0 Å². The van der Waals surface area contributed by atoms with E-state index < -0.39 is 29.4 Å². The number of carbonyl (C=O) groups is 2. The van der Waals surface area contributed by atoms with Crippen LogP contribution in [0, 0.1) is 11.6 Å². The monoisotopic (exact) mass is 268 g/mol. The van der Waals surface area contributed by atoms with Crippen molar-refractivity contribution in [2.24, 2.45) is 0 Å². The van der Waals surface area contributed by atoms with Crippen LogP contribution in [0.5, 0.6) is 0 Å². The maximum absolute atomic E-state index is 13.9. The van der Waals surface area contributed by atoms with Crippen molar-refractivity contribution in [3.63, 3.8) is 0 Å². The van der Waals surface area contributed by atoms with Crippen molar-refractivity contribution in [3.05, 3.63) is 29.3 Å². The Balaban J connectivity index is 2.34. The lowest BCUT2D eigenvalue weighted by molar-refractivity contribution is -0.134. The molecular weight excluding hydrogens is 254 g/mol. The van der Waals surface area contributed by atoms with Gasteiger partial charge in [-0.3, -0.25) is 14.9 Å². The molecule has 2 rings (SSSR count). The minimum atomic E-state index is -0.951. The molecule has 1 aliphatic rings. The van der Waals surface area contributed by atoms with Crippen LogP contribution in [-0.2, 0) is 9.59 Å². The second-order valence-corrected chi connectivity index (χ2v) is 4.39. The molecule has 1 aromatic carbocycles. The van der Waals surface area contributed by atoms with Gasteiger partial charge in [0.1, 0.15) is 11.6 Å². The van der Waals surface area contributed by atoms with Crippen LogP contribution < -0.4 is 10.6 Å². The molecule has 0 spiro atoms. The highest BCUT2D eigenvalue weighted by Crippen LogP contribution is 2.31. The lowest BCUT2D eigenvalue weighted by Gasteiger charge is -2.22. The van der Waals surface area contributed by atoms with E-state index in [9.17, 15) is 18.4 Å². The van der Waals surface area contributed by atoms with Gasteiger partial charge in [-0.15, -0.1) is 0 Å². The topological polar surface area (TPSA) is 58.2 Å². The predicted octanol–water partition coefficient (Wildman–Crippen LogP) is 1.92. The quantitative estimate of drug-likeness (QED) is 0.823.